The molecule has 46 heavy (non-hydrogen) atoms. The number of carbonyl (C=O) groups excluding carboxylic acids is 1. The summed E-state index contributed by atoms with van der Waals surface area (Å²) in [5, 5.41) is 32.5. The van der Waals surface area contributed by atoms with E-state index in [0.717, 1.165) is 10.9 Å². The molecule has 0 bridgehead atoms. The van der Waals surface area contributed by atoms with Crippen LogP contribution in [0.15, 0.2) is 64.4 Å². The maximum atomic E-state index is 13.6. The Labute approximate surface area is 265 Å². The Morgan fingerprint density at radius 3 is 2.17 bits per heavy atom. The number of sulfone groups is 1. The second-order valence-corrected chi connectivity index (χ2v) is 13.6. The van der Waals surface area contributed by atoms with E-state index in [1.54, 1.807) is 13.8 Å². The Kier molecular flexibility index (Phi) is 11.8. The van der Waals surface area contributed by atoms with Crippen molar-refractivity contribution in [2.45, 2.75) is 69.5 Å². The second kappa shape index (κ2) is 14.9. The fourth-order valence-corrected chi connectivity index (χ4v) is 4.84. The molecule has 3 aromatic rings. The van der Waals surface area contributed by atoms with E-state index in [4.69, 9.17) is 19.3 Å². The lowest BCUT2D eigenvalue weighted by Gasteiger charge is -2.32. The first-order chi connectivity index (χ1) is 21.4. The standard InChI is InChI=1S/C31H37FN2O11S/c1-18(2)16-24(44-30(40)26(36)25(35)29(38)39)45-31(3,4)14-15-43-27-23(19-6-12-22(13-7-19)46(5,41)42)17-33-34(28(27)37)21-10-8-20(32)9-11-21/h6-13,17-18,24-26,35-36H,14-16H2,1-5H3,(H,38,39)/t24?,25-,26-/m1/s1. The van der Waals surface area contributed by atoms with Gasteiger partial charge in [0.05, 0.1) is 29.0 Å². The average Bonchev–Trinajstić information content (AvgIpc) is 2.96. The van der Waals surface area contributed by atoms with Gasteiger partial charge in [-0.1, -0.05) is 26.0 Å². The first kappa shape index (κ1) is 36.3. The highest BCUT2D eigenvalue weighted by Gasteiger charge is 2.35. The molecule has 0 aliphatic heterocycles. The first-order valence-electron chi connectivity index (χ1n) is 14.2. The quantitative estimate of drug-likeness (QED) is 0.159. The van der Waals surface area contributed by atoms with E-state index in [-0.39, 0.29) is 47.3 Å². The summed E-state index contributed by atoms with van der Waals surface area (Å²) in [5.74, 6) is -3.86. The zero-order valence-corrected chi connectivity index (χ0v) is 26.7. The number of hydrogen-bond donors (Lipinski definition) is 3. The van der Waals surface area contributed by atoms with Gasteiger partial charge >= 0.3 is 17.5 Å². The maximum Gasteiger partial charge on any atom is 0.340 e. The minimum absolute atomic E-state index is 0.0511. The van der Waals surface area contributed by atoms with Gasteiger partial charge in [-0.05, 0) is 61.7 Å². The number of aliphatic hydroxyl groups excluding tert-OH is 2. The maximum absolute atomic E-state index is 13.6. The highest BCUT2D eigenvalue weighted by atomic mass is 32.2. The van der Waals surface area contributed by atoms with Gasteiger partial charge in [0.15, 0.2) is 27.8 Å². The van der Waals surface area contributed by atoms with Gasteiger partial charge in [0.1, 0.15) is 5.82 Å². The predicted octanol–water partition coefficient (Wildman–Crippen LogP) is 2.73. The minimum atomic E-state index is -3.48. The molecule has 3 rings (SSSR count). The number of benzene rings is 2. The number of aromatic nitrogens is 2. The summed E-state index contributed by atoms with van der Waals surface area (Å²) >= 11 is 0. The molecule has 250 valence electrons. The van der Waals surface area contributed by atoms with Crippen molar-refractivity contribution in [3.05, 3.63) is 70.9 Å². The van der Waals surface area contributed by atoms with E-state index in [9.17, 15) is 37.4 Å². The number of aliphatic hydroxyl groups is 2. The number of carboxylic acids is 1. The van der Waals surface area contributed by atoms with Crippen LogP contribution < -0.4 is 10.3 Å². The smallest absolute Gasteiger partial charge is 0.340 e. The largest absolute Gasteiger partial charge is 0.487 e. The number of esters is 1. The van der Waals surface area contributed by atoms with E-state index in [1.807, 2.05) is 13.8 Å². The predicted molar refractivity (Wildman–Crippen MR) is 163 cm³/mol. The third-order valence-electron chi connectivity index (χ3n) is 6.70. The molecule has 1 heterocycles. The lowest BCUT2D eigenvalue weighted by atomic mass is 10.0. The van der Waals surface area contributed by atoms with Gasteiger partial charge in [0.2, 0.25) is 6.29 Å². The SMILES string of the molecule is CC(C)CC(OC(=O)[C@H](O)[C@@H](O)C(=O)O)OC(C)(C)CCOc1c(-c2ccc(S(C)(=O)=O)cc2)cnn(-c2ccc(F)cc2)c1=O. The van der Waals surface area contributed by atoms with E-state index >= 15 is 0 Å². The molecule has 15 heteroatoms. The average molecular weight is 665 g/mol. The van der Waals surface area contributed by atoms with Crippen LogP contribution in [0.3, 0.4) is 0 Å². The van der Waals surface area contributed by atoms with Crippen molar-refractivity contribution < 1.29 is 51.9 Å². The van der Waals surface area contributed by atoms with Crippen LogP contribution in [0.25, 0.3) is 16.8 Å². The Hall–Kier alpha value is -4.18. The molecular weight excluding hydrogens is 627 g/mol. The van der Waals surface area contributed by atoms with Crippen LogP contribution in [0.5, 0.6) is 5.75 Å². The zero-order valence-electron chi connectivity index (χ0n) is 25.9. The molecule has 0 aliphatic carbocycles. The van der Waals surface area contributed by atoms with Gasteiger partial charge in [0, 0.05) is 24.7 Å². The van der Waals surface area contributed by atoms with Crippen LogP contribution in [0.2, 0.25) is 0 Å². The van der Waals surface area contributed by atoms with Gasteiger partial charge in [0.25, 0.3) is 0 Å². The molecule has 1 aromatic heterocycles. The fraction of sp³-hybridized carbons (Fsp3) is 0.419. The summed E-state index contributed by atoms with van der Waals surface area (Å²) in [5.41, 5.74) is -0.754. The Morgan fingerprint density at radius 2 is 1.63 bits per heavy atom. The summed E-state index contributed by atoms with van der Waals surface area (Å²) < 4.78 is 55.6. The summed E-state index contributed by atoms with van der Waals surface area (Å²) in [6.45, 7) is 6.86. The molecule has 0 spiro atoms. The summed E-state index contributed by atoms with van der Waals surface area (Å²) in [6.07, 6.45) is -3.20. The number of ether oxygens (including phenoxy) is 3. The number of carboxylic acid groups (broad SMARTS) is 1. The molecule has 0 fully saturated rings. The number of hydrogen-bond acceptors (Lipinski definition) is 11. The van der Waals surface area contributed by atoms with Gasteiger partial charge in [-0.3, -0.25) is 4.79 Å². The molecule has 0 aliphatic rings. The van der Waals surface area contributed by atoms with Crippen LogP contribution in [-0.2, 0) is 28.9 Å². The lowest BCUT2D eigenvalue weighted by molar-refractivity contribution is -0.222. The summed E-state index contributed by atoms with van der Waals surface area (Å²) in [4.78, 5) is 37.0. The molecule has 0 saturated carbocycles. The topological polar surface area (TPSA) is 192 Å². The van der Waals surface area contributed by atoms with Crippen molar-refractivity contribution >= 4 is 21.8 Å². The van der Waals surface area contributed by atoms with E-state index < -0.39 is 57.3 Å². The van der Waals surface area contributed by atoms with Crippen molar-refractivity contribution in [1.29, 1.82) is 0 Å². The third kappa shape index (κ3) is 9.66. The van der Waals surface area contributed by atoms with Gasteiger partial charge < -0.3 is 29.5 Å². The first-order valence-corrected chi connectivity index (χ1v) is 16.1. The zero-order chi connectivity index (χ0) is 34.4. The highest BCUT2D eigenvalue weighted by molar-refractivity contribution is 7.90. The monoisotopic (exact) mass is 664 g/mol. The van der Waals surface area contributed by atoms with Gasteiger partial charge in [-0.2, -0.15) is 9.78 Å². The lowest BCUT2D eigenvalue weighted by Crippen LogP contribution is -2.43. The second-order valence-electron chi connectivity index (χ2n) is 11.6. The van der Waals surface area contributed by atoms with E-state index in [1.165, 1.54) is 54.7 Å². The van der Waals surface area contributed by atoms with Crippen molar-refractivity contribution in [2.75, 3.05) is 12.9 Å². The molecule has 13 nitrogen and oxygen atoms in total. The molecule has 2 aromatic carbocycles. The van der Waals surface area contributed by atoms with Crippen LogP contribution in [0.4, 0.5) is 4.39 Å². The molecule has 0 radical (unpaired) electrons. The third-order valence-corrected chi connectivity index (χ3v) is 7.83. The Morgan fingerprint density at radius 1 is 1.02 bits per heavy atom. The van der Waals surface area contributed by atoms with Crippen LogP contribution in [0, 0.1) is 11.7 Å². The molecule has 3 N–H and O–H groups in total. The van der Waals surface area contributed by atoms with Crippen LogP contribution >= 0.6 is 0 Å². The molecule has 3 atom stereocenters. The number of halogens is 1. The van der Waals surface area contributed by atoms with E-state index in [0.29, 0.717) is 5.56 Å². The number of aliphatic carboxylic acids is 1. The summed E-state index contributed by atoms with van der Waals surface area (Å²) in [7, 11) is -3.48. The highest BCUT2D eigenvalue weighted by Crippen LogP contribution is 2.29. The number of carbonyl (C=O) groups is 2. The van der Waals surface area contributed by atoms with Crippen molar-refractivity contribution in [1.82, 2.24) is 9.78 Å². The van der Waals surface area contributed by atoms with Gasteiger partial charge in [-0.25, -0.2) is 22.4 Å². The van der Waals surface area contributed by atoms with Crippen molar-refractivity contribution in [2.24, 2.45) is 5.92 Å². The molecular formula is C31H37FN2O11S. The summed E-state index contributed by atoms with van der Waals surface area (Å²) in [6, 6.07) is 10.9. The minimum Gasteiger partial charge on any atom is -0.487 e. The van der Waals surface area contributed by atoms with Crippen molar-refractivity contribution in [3.8, 4) is 22.6 Å². The normalized spacial score (nSPS) is 14.0. The van der Waals surface area contributed by atoms with Crippen LogP contribution in [-0.4, -0.2) is 82.4 Å². The van der Waals surface area contributed by atoms with Crippen LogP contribution in [0.1, 0.15) is 40.5 Å². The molecule has 0 amide bonds. The molecule has 0 saturated heterocycles. The number of nitrogens with zero attached hydrogens (tertiary/aromatic N) is 2. The fourth-order valence-electron chi connectivity index (χ4n) is 4.21. The Bertz CT molecular complexity index is 1690. The van der Waals surface area contributed by atoms with Gasteiger partial charge in [-0.15, -0.1) is 0 Å². The van der Waals surface area contributed by atoms with E-state index in [2.05, 4.69) is 5.10 Å². The Balaban J connectivity index is 1.87. The molecule has 1 unspecified atom stereocenters. The van der Waals surface area contributed by atoms with Crippen molar-refractivity contribution in [3.63, 3.8) is 0 Å². The number of rotatable bonds is 15.